The van der Waals surface area contributed by atoms with E-state index in [9.17, 15) is 4.79 Å². The third-order valence-electron chi connectivity index (χ3n) is 3.50. The van der Waals surface area contributed by atoms with Gasteiger partial charge in [0.2, 0.25) is 0 Å². The van der Waals surface area contributed by atoms with E-state index in [2.05, 4.69) is 34.2 Å². The summed E-state index contributed by atoms with van der Waals surface area (Å²) in [4.78, 5) is 13.5. The van der Waals surface area contributed by atoms with Crippen LogP contribution in [0.25, 0.3) is 0 Å². The van der Waals surface area contributed by atoms with Gasteiger partial charge in [0.15, 0.2) is 0 Å². The minimum Gasteiger partial charge on any atom is -0.398 e. The van der Waals surface area contributed by atoms with Crippen LogP contribution in [0.15, 0.2) is 39.7 Å². The normalized spacial score (nSPS) is 10.2. The van der Waals surface area contributed by atoms with Gasteiger partial charge in [-0.3, -0.25) is 4.79 Å². The SMILES string of the molecule is CCSc1ccc(C#N)cc1CNC(=O)c1cc(Br)c(C)cc1N. The number of aryl methyl sites for hydroxylation is 1. The number of carbonyl (C=O) groups is 1. The lowest BCUT2D eigenvalue weighted by Gasteiger charge is -2.12. The number of anilines is 1. The van der Waals surface area contributed by atoms with Crippen LogP contribution in [0.1, 0.15) is 34.0 Å². The van der Waals surface area contributed by atoms with Gasteiger partial charge in [-0.05, 0) is 54.1 Å². The summed E-state index contributed by atoms with van der Waals surface area (Å²) in [6, 6.07) is 11.2. The summed E-state index contributed by atoms with van der Waals surface area (Å²) in [5.41, 5.74) is 9.33. The molecule has 2 aromatic rings. The fraction of sp³-hybridized carbons (Fsp3) is 0.222. The Morgan fingerprint density at radius 2 is 2.12 bits per heavy atom. The number of nitriles is 1. The van der Waals surface area contributed by atoms with E-state index in [1.54, 1.807) is 30.0 Å². The van der Waals surface area contributed by atoms with E-state index in [4.69, 9.17) is 11.0 Å². The van der Waals surface area contributed by atoms with E-state index in [1.165, 1.54) is 0 Å². The number of nitrogens with one attached hydrogen (secondary N) is 1. The van der Waals surface area contributed by atoms with Crippen molar-refractivity contribution in [2.24, 2.45) is 0 Å². The van der Waals surface area contributed by atoms with E-state index in [0.717, 1.165) is 26.2 Å². The Kier molecular flexibility index (Phi) is 6.29. The number of nitrogens with zero attached hydrogens (tertiary/aromatic N) is 1. The number of carbonyl (C=O) groups excluding carboxylic acids is 1. The summed E-state index contributed by atoms with van der Waals surface area (Å²) < 4.78 is 0.843. The van der Waals surface area contributed by atoms with Gasteiger partial charge in [0.25, 0.3) is 5.91 Å². The molecule has 0 saturated carbocycles. The molecule has 0 spiro atoms. The molecule has 0 heterocycles. The number of nitrogens with two attached hydrogens (primary N) is 1. The first-order valence-corrected chi connectivity index (χ1v) is 9.23. The van der Waals surface area contributed by atoms with Crippen LogP contribution in [0.3, 0.4) is 0 Å². The molecule has 0 saturated heterocycles. The van der Waals surface area contributed by atoms with Gasteiger partial charge in [0, 0.05) is 21.6 Å². The van der Waals surface area contributed by atoms with Crippen LogP contribution >= 0.6 is 27.7 Å². The zero-order valence-electron chi connectivity index (χ0n) is 13.5. The molecule has 0 fully saturated rings. The standard InChI is InChI=1S/C18H18BrN3OS/c1-3-24-17-5-4-12(9-20)7-13(17)10-22-18(23)14-8-15(19)11(2)6-16(14)21/h4-8H,3,10,21H2,1-2H3,(H,22,23). The van der Waals surface area contributed by atoms with Gasteiger partial charge < -0.3 is 11.1 Å². The Labute approximate surface area is 154 Å². The molecule has 2 aromatic carbocycles. The third kappa shape index (κ3) is 4.31. The summed E-state index contributed by atoms with van der Waals surface area (Å²) in [7, 11) is 0. The predicted molar refractivity (Wildman–Crippen MR) is 102 cm³/mol. The first kappa shape index (κ1) is 18.4. The van der Waals surface area contributed by atoms with E-state index in [-0.39, 0.29) is 5.91 Å². The van der Waals surface area contributed by atoms with Crippen LogP contribution in [0.5, 0.6) is 0 Å². The van der Waals surface area contributed by atoms with Crippen molar-refractivity contribution in [1.29, 1.82) is 5.26 Å². The number of amides is 1. The molecule has 0 atom stereocenters. The summed E-state index contributed by atoms with van der Waals surface area (Å²) in [5, 5.41) is 12.0. The molecule has 3 N–H and O–H groups in total. The highest BCUT2D eigenvalue weighted by molar-refractivity contribution is 9.10. The molecule has 124 valence electrons. The Bertz CT molecular complexity index is 815. The van der Waals surface area contributed by atoms with Gasteiger partial charge in [0.05, 0.1) is 17.2 Å². The summed E-state index contributed by atoms with van der Waals surface area (Å²) >= 11 is 5.10. The number of benzene rings is 2. The zero-order valence-corrected chi connectivity index (χ0v) is 15.9. The van der Waals surface area contributed by atoms with E-state index >= 15 is 0 Å². The molecule has 0 aliphatic heterocycles. The molecule has 24 heavy (non-hydrogen) atoms. The second-order valence-corrected chi connectivity index (χ2v) is 7.40. The van der Waals surface area contributed by atoms with Crippen molar-refractivity contribution < 1.29 is 4.79 Å². The molecule has 0 unspecified atom stereocenters. The molecular formula is C18H18BrN3OS. The molecule has 1 amide bonds. The number of hydrogen-bond acceptors (Lipinski definition) is 4. The predicted octanol–water partition coefficient (Wildman–Crippen LogP) is 4.25. The summed E-state index contributed by atoms with van der Waals surface area (Å²) in [5.74, 6) is 0.688. The molecule has 0 radical (unpaired) electrons. The van der Waals surface area contributed by atoms with Crippen molar-refractivity contribution in [3.05, 3.63) is 57.1 Å². The Balaban J connectivity index is 2.20. The smallest absolute Gasteiger partial charge is 0.253 e. The lowest BCUT2D eigenvalue weighted by molar-refractivity contribution is 0.0951. The second-order valence-electron chi connectivity index (χ2n) is 5.24. The highest BCUT2D eigenvalue weighted by Crippen LogP contribution is 2.25. The summed E-state index contributed by atoms with van der Waals surface area (Å²) in [6.45, 7) is 4.33. The maximum atomic E-state index is 12.4. The topological polar surface area (TPSA) is 78.9 Å². The van der Waals surface area contributed by atoms with Crippen molar-refractivity contribution in [3.8, 4) is 6.07 Å². The highest BCUT2D eigenvalue weighted by Gasteiger charge is 2.13. The fourth-order valence-corrected chi connectivity index (χ4v) is 3.39. The van der Waals surface area contributed by atoms with Gasteiger partial charge in [-0.15, -0.1) is 11.8 Å². The van der Waals surface area contributed by atoms with Crippen LogP contribution in [-0.2, 0) is 6.54 Å². The van der Waals surface area contributed by atoms with Crippen molar-refractivity contribution in [1.82, 2.24) is 5.32 Å². The molecule has 4 nitrogen and oxygen atoms in total. The first-order chi connectivity index (χ1) is 11.5. The Morgan fingerprint density at radius 3 is 2.79 bits per heavy atom. The molecule has 0 aliphatic carbocycles. The maximum Gasteiger partial charge on any atom is 0.253 e. The number of thioether (sulfide) groups is 1. The van der Waals surface area contributed by atoms with Crippen LogP contribution in [-0.4, -0.2) is 11.7 Å². The minimum atomic E-state index is -0.233. The highest BCUT2D eigenvalue weighted by atomic mass is 79.9. The zero-order chi connectivity index (χ0) is 17.7. The van der Waals surface area contributed by atoms with Gasteiger partial charge >= 0.3 is 0 Å². The number of nitrogen functional groups attached to an aromatic ring is 1. The van der Waals surface area contributed by atoms with Crippen molar-refractivity contribution in [3.63, 3.8) is 0 Å². The molecule has 2 rings (SSSR count). The first-order valence-electron chi connectivity index (χ1n) is 7.46. The molecule has 0 aliphatic rings. The Morgan fingerprint density at radius 1 is 1.38 bits per heavy atom. The van der Waals surface area contributed by atoms with Crippen LogP contribution < -0.4 is 11.1 Å². The van der Waals surface area contributed by atoms with Gasteiger partial charge in [0.1, 0.15) is 0 Å². The van der Waals surface area contributed by atoms with Gasteiger partial charge in [-0.2, -0.15) is 5.26 Å². The Hall–Kier alpha value is -1.97. The summed E-state index contributed by atoms with van der Waals surface area (Å²) in [6.07, 6.45) is 0. The molecular weight excluding hydrogens is 386 g/mol. The number of hydrogen-bond donors (Lipinski definition) is 2. The monoisotopic (exact) mass is 403 g/mol. The average Bonchev–Trinajstić information content (AvgIpc) is 2.57. The molecule has 0 aromatic heterocycles. The van der Waals surface area contributed by atoms with E-state index < -0.39 is 0 Å². The third-order valence-corrected chi connectivity index (χ3v) is 5.36. The van der Waals surface area contributed by atoms with Crippen molar-refractivity contribution in [2.75, 3.05) is 11.5 Å². The van der Waals surface area contributed by atoms with E-state index in [1.807, 2.05) is 19.1 Å². The van der Waals surface area contributed by atoms with Gasteiger partial charge in [-0.25, -0.2) is 0 Å². The molecule has 6 heteroatoms. The fourth-order valence-electron chi connectivity index (χ4n) is 2.25. The largest absolute Gasteiger partial charge is 0.398 e. The lowest BCUT2D eigenvalue weighted by Crippen LogP contribution is -2.24. The van der Waals surface area contributed by atoms with Crippen LogP contribution in [0.2, 0.25) is 0 Å². The van der Waals surface area contributed by atoms with Crippen LogP contribution in [0.4, 0.5) is 5.69 Å². The maximum absolute atomic E-state index is 12.4. The van der Waals surface area contributed by atoms with Gasteiger partial charge in [-0.1, -0.05) is 22.9 Å². The number of halogens is 1. The second kappa shape index (κ2) is 8.22. The van der Waals surface area contributed by atoms with Crippen molar-refractivity contribution in [2.45, 2.75) is 25.3 Å². The minimum absolute atomic E-state index is 0.233. The molecule has 0 bridgehead atoms. The number of rotatable bonds is 5. The van der Waals surface area contributed by atoms with Crippen LogP contribution in [0, 0.1) is 18.3 Å². The average molecular weight is 404 g/mol. The quantitative estimate of drug-likeness (QED) is 0.577. The van der Waals surface area contributed by atoms with E-state index in [0.29, 0.717) is 23.4 Å². The van der Waals surface area contributed by atoms with Crippen molar-refractivity contribution >= 4 is 39.3 Å². The lowest BCUT2D eigenvalue weighted by atomic mass is 10.1.